The number of H-pyrrole nitrogens is 1. The van der Waals surface area contributed by atoms with Crippen LogP contribution in [0.1, 0.15) is 13.3 Å². The van der Waals surface area contributed by atoms with Crippen molar-refractivity contribution in [1.82, 2.24) is 10.2 Å². The Morgan fingerprint density at radius 3 is 3.14 bits per heavy atom. The lowest BCUT2D eigenvalue weighted by atomic mass is 10.2. The molecule has 74 valence electrons. The Kier molecular flexibility index (Phi) is 2.72. The fourth-order valence-electron chi connectivity index (χ4n) is 1.31. The van der Waals surface area contributed by atoms with E-state index in [0.29, 0.717) is 0 Å². The van der Waals surface area contributed by atoms with Gasteiger partial charge in [-0.2, -0.15) is 5.10 Å². The third kappa shape index (κ3) is 1.62. The summed E-state index contributed by atoms with van der Waals surface area (Å²) in [4.78, 5) is 0. The Bertz CT molecular complexity index is 439. The van der Waals surface area contributed by atoms with Crippen LogP contribution >= 0.6 is 15.9 Å². The summed E-state index contributed by atoms with van der Waals surface area (Å²) in [5.41, 5.74) is 0.952. The summed E-state index contributed by atoms with van der Waals surface area (Å²) < 4.78 is 6.62. The van der Waals surface area contributed by atoms with Crippen molar-refractivity contribution >= 4 is 26.8 Å². The maximum Gasteiger partial charge on any atom is 0.145 e. The summed E-state index contributed by atoms with van der Waals surface area (Å²) in [5, 5.41) is 7.98. The molecule has 0 spiro atoms. The number of hydrogen-bond donors (Lipinski definition) is 1. The summed E-state index contributed by atoms with van der Waals surface area (Å²) >= 11 is 3.46. The van der Waals surface area contributed by atoms with E-state index in [0.717, 1.165) is 34.2 Å². The smallest absolute Gasteiger partial charge is 0.145 e. The molecule has 0 fully saturated rings. The van der Waals surface area contributed by atoms with Gasteiger partial charge in [0.25, 0.3) is 0 Å². The maximum atomic E-state index is 5.59. The van der Waals surface area contributed by atoms with E-state index in [2.05, 4.69) is 33.1 Å². The van der Waals surface area contributed by atoms with Crippen molar-refractivity contribution in [3.8, 4) is 5.75 Å². The zero-order chi connectivity index (χ0) is 9.97. The highest BCUT2D eigenvalue weighted by Crippen LogP contribution is 2.29. The van der Waals surface area contributed by atoms with E-state index in [-0.39, 0.29) is 0 Å². The SMILES string of the molecule is CCCOc1ccc(Br)c2cn[nH]c12. The van der Waals surface area contributed by atoms with Gasteiger partial charge in [0.05, 0.1) is 12.8 Å². The quantitative estimate of drug-likeness (QED) is 0.914. The molecule has 1 aromatic heterocycles. The first-order valence-corrected chi connectivity index (χ1v) is 5.36. The molecule has 0 radical (unpaired) electrons. The molecule has 0 aliphatic rings. The van der Waals surface area contributed by atoms with Crippen LogP contribution in [0.25, 0.3) is 10.9 Å². The van der Waals surface area contributed by atoms with Crippen molar-refractivity contribution in [2.24, 2.45) is 0 Å². The van der Waals surface area contributed by atoms with Gasteiger partial charge >= 0.3 is 0 Å². The molecular weight excluding hydrogens is 244 g/mol. The first kappa shape index (κ1) is 9.52. The van der Waals surface area contributed by atoms with Gasteiger partial charge < -0.3 is 4.74 Å². The molecule has 0 aliphatic heterocycles. The first-order valence-electron chi connectivity index (χ1n) is 4.57. The molecule has 1 N–H and O–H groups in total. The van der Waals surface area contributed by atoms with E-state index < -0.39 is 0 Å². The topological polar surface area (TPSA) is 37.9 Å². The summed E-state index contributed by atoms with van der Waals surface area (Å²) in [7, 11) is 0. The standard InChI is InChI=1S/C10H11BrN2O/c1-2-5-14-9-4-3-8(11)7-6-12-13-10(7)9/h3-4,6H,2,5H2,1H3,(H,12,13). The normalized spacial score (nSPS) is 10.7. The average molecular weight is 255 g/mol. The van der Waals surface area contributed by atoms with E-state index in [1.807, 2.05) is 12.1 Å². The molecule has 0 amide bonds. The molecule has 0 atom stereocenters. The fraction of sp³-hybridized carbons (Fsp3) is 0.300. The summed E-state index contributed by atoms with van der Waals surface area (Å²) in [6, 6.07) is 3.92. The van der Waals surface area contributed by atoms with Crippen LogP contribution in [0.15, 0.2) is 22.8 Å². The van der Waals surface area contributed by atoms with Gasteiger partial charge in [-0.15, -0.1) is 0 Å². The molecule has 0 unspecified atom stereocenters. The van der Waals surface area contributed by atoms with E-state index in [1.54, 1.807) is 6.20 Å². The van der Waals surface area contributed by atoms with Gasteiger partial charge in [-0.05, 0) is 18.6 Å². The molecular formula is C10H11BrN2O. The molecule has 1 heterocycles. The molecule has 14 heavy (non-hydrogen) atoms. The molecule has 0 saturated heterocycles. The third-order valence-corrected chi connectivity index (χ3v) is 2.68. The van der Waals surface area contributed by atoms with E-state index >= 15 is 0 Å². The number of nitrogens with zero attached hydrogens (tertiary/aromatic N) is 1. The highest BCUT2D eigenvalue weighted by molar-refractivity contribution is 9.10. The van der Waals surface area contributed by atoms with Crippen LogP contribution < -0.4 is 4.74 Å². The maximum absolute atomic E-state index is 5.59. The zero-order valence-corrected chi connectivity index (χ0v) is 9.47. The van der Waals surface area contributed by atoms with Crippen LogP contribution in [0, 0.1) is 0 Å². The van der Waals surface area contributed by atoms with Gasteiger partial charge in [-0.25, -0.2) is 0 Å². The summed E-state index contributed by atoms with van der Waals surface area (Å²) in [6.45, 7) is 2.82. The molecule has 2 rings (SSSR count). The number of halogens is 1. The predicted molar refractivity (Wildman–Crippen MR) is 59.6 cm³/mol. The first-order chi connectivity index (χ1) is 6.83. The van der Waals surface area contributed by atoms with Gasteiger partial charge in [0.2, 0.25) is 0 Å². The monoisotopic (exact) mass is 254 g/mol. The second-order valence-electron chi connectivity index (χ2n) is 3.05. The van der Waals surface area contributed by atoms with Gasteiger partial charge in [0.15, 0.2) is 0 Å². The van der Waals surface area contributed by atoms with Crippen molar-refractivity contribution in [3.05, 3.63) is 22.8 Å². The van der Waals surface area contributed by atoms with Gasteiger partial charge in [0, 0.05) is 9.86 Å². The molecule has 3 nitrogen and oxygen atoms in total. The second-order valence-corrected chi connectivity index (χ2v) is 3.91. The number of nitrogens with one attached hydrogen (secondary N) is 1. The van der Waals surface area contributed by atoms with Crippen LogP contribution in [0.5, 0.6) is 5.75 Å². The minimum atomic E-state index is 0.732. The number of ether oxygens (including phenoxy) is 1. The number of rotatable bonds is 3. The van der Waals surface area contributed by atoms with Crippen LogP contribution in [-0.2, 0) is 0 Å². The predicted octanol–water partition coefficient (Wildman–Crippen LogP) is 3.11. The highest BCUT2D eigenvalue weighted by atomic mass is 79.9. The molecule has 2 aromatic rings. The molecule has 0 saturated carbocycles. The Morgan fingerprint density at radius 1 is 1.50 bits per heavy atom. The molecule has 0 aliphatic carbocycles. The minimum absolute atomic E-state index is 0.732. The Balaban J connectivity index is 2.45. The Hall–Kier alpha value is -1.03. The largest absolute Gasteiger partial charge is 0.491 e. The Morgan fingerprint density at radius 2 is 2.36 bits per heavy atom. The van der Waals surface area contributed by atoms with E-state index in [1.165, 1.54) is 0 Å². The van der Waals surface area contributed by atoms with Gasteiger partial charge in [-0.3, -0.25) is 5.10 Å². The number of fused-ring (bicyclic) bond motifs is 1. The van der Waals surface area contributed by atoms with Crippen molar-refractivity contribution in [2.45, 2.75) is 13.3 Å². The minimum Gasteiger partial charge on any atom is -0.491 e. The van der Waals surface area contributed by atoms with Crippen LogP contribution in [0.4, 0.5) is 0 Å². The van der Waals surface area contributed by atoms with E-state index in [9.17, 15) is 0 Å². The average Bonchev–Trinajstić information content (AvgIpc) is 2.66. The van der Waals surface area contributed by atoms with Gasteiger partial charge in [0.1, 0.15) is 11.3 Å². The fourth-order valence-corrected chi connectivity index (χ4v) is 1.74. The van der Waals surface area contributed by atoms with Crippen molar-refractivity contribution in [3.63, 3.8) is 0 Å². The molecule has 1 aromatic carbocycles. The third-order valence-electron chi connectivity index (χ3n) is 1.99. The lowest BCUT2D eigenvalue weighted by molar-refractivity contribution is 0.320. The summed E-state index contributed by atoms with van der Waals surface area (Å²) in [6.07, 6.45) is 2.80. The lowest BCUT2D eigenvalue weighted by Crippen LogP contribution is -1.95. The van der Waals surface area contributed by atoms with Gasteiger partial charge in [-0.1, -0.05) is 22.9 Å². The van der Waals surface area contributed by atoms with Crippen molar-refractivity contribution in [2.75, 3.05) is 6.61 Å². The van der Waals surface area contributed by atoms with Crippen LogP contribution in [0.3, 0.4) is 0 Å². The lowest BCUT2D eigenvalue weighted by Gasteiger charge is -2.05. The molecule has 4 heteroatoms. The van der Waals surface area contributed by atoms with Crippen LogP contribution in [0.2, 0.25) is 0 Å². The van der Waals surface area contributed by atoms with Crippen molar-refractivity contribution < 1.29 is 4.74 Å². The number of aromatic nitrogens is 2. The highest BCUT2D eigenvalue weighted by Gasteiger charge is 2.06. The summed E-state index contributed by atoms with van der Waals surface area (Å²) in [5.74, 6) is 0.863. The number of aromatic amines is 1. The number of benzene rings is 1. The van der Waals surface area contributed by atoms with Crippen molar-refractivity contribution in [1.29, 1.82) is 0 Å². The zero-order valence-electron chi connectivity index (χ0n) is 7.88. The van der Waals surface area contributed by atoms with E-state index in [4.69, 9.17) is 4.74 Å². The Labute approximate surface area is 90.6 Å². The number of hydrogen-bond acceptors (Lipinski definition) is 2. The second kappa shape index (κ2) is 4.00. The van der Waals surface area contributed by atoms with Crippen LogP contribution in [-0.4, -0.2) is 16.8 Å². The molecule has 0 bridgehead atoms.